The molecule has 2 rings (SSSR count). The molecule has 0 unspecified atom stereocenters. The summed E-state index contributed by atoms with van der Waals surface area (Å²) < 4.78 is 0. The molecule has 1 aromatic heterocycles. The third kappa shape index (κ3) is 3.97. The Bertz CT molecular complexity index is 454. The van der Waals surface area contributed by atoms with E-state index >= 15 is 0 Å². The minimum absolute atomic E-state index is 0.455. The highest BCUT2D eigenvalue weighted by molar-refractivity contribution is 5.27. The molecule has 0 amide bonds. The summed E-state index contributed by atoms with van der Waals surface area (Å²) in [4.78, 5) is 3.94. The van der Waals surface area contributed by atoms with Crippen molar-refractivity contribution in [3.05, 3.63) is 65.5 Å². The Balaban J connectivity index is 0.000000771. The van der Waals surface area contributed by atoms with Gasteiger partial charge in [0.15, 0.2) is 0 Å². The van der Waals surface area contributed by atoms with Crippen LogP contribution in [0.25, 0.3) is 0 Å². The van der Waals surface area contributed by atoms with Crippen LogP contribution in [0.4, 0.5) is 0 Å². The van der Waals surface area contributed by atoms with Crippen molar-refractivity contribution in [1.29, 1.82) is 0 Å². The maximum atomic E-state index is 10.1. The second-order valence-electron chi connectivity index (χ2n) is 3.93. The lowest BCUT2D eigenvalue weighted by Gasteiger charge is -2.12. The van der Waals surface area contributed by atoms with Crippen molar-refractivity contribution in [2.75, 3.05) is 0 Å². The quantitative estimate of drug-likeness (QED) is 0.891. The molecule has 0 aliphatic rings. The summed E-state index contributed by atoms with van der Waals surface area (Å²) in [5, 5.41) is 10.1. The minimum atomic E-state index is -0.455. The number of aliphatic hydroxyl groups excluding tert-OH is 1. The molecule has 1 atom stereocenters. The van der Waals surface area contributed by atoms with Gasteiger partial charge >= 0.3 is 0 Å². The molecule has 0 bridgehead atoms. The fourth-order valence-electron chi connectivity index (χ4n) is 1.75. The molecule has 2 aromatic rings. The van der Waals surface area contributed by atoms with Crippen LogP contribution in [0.1, 0.15) is 36.6 Å². The molecule has 0 fully saturated rings. The molecule has 1 aromatic carbocycles. The Morgan fingerprint density at radius 1 is 1.06 bits per heavy atom. The Labute approximate surface area is 109 Å². The van der Waals surface area contributed by atoms with Gasteiger partial charge in [-0.3, -0.25) is 4.98 Å². The van der Waals surface area contributed by atoms with Crippen molar-refractivity contribution >= 4 is 0 Å². The van der Waals surface area contributed by atoms with Gasteiger partial charge in [-0.15, -0.1) is 0 Å². The molecule has 1 N–H and O–H groups in total. The van der Waals surface area contributed by atoms with Crippen LogP contribution < -0.4 is 0 Å². The number of nitrogens with zero attached hydrogens (tertiary/aromatic N) is 1. The van der Waals surface area contributed by atoms with Gasteiger partial charge in [0, 0.05) is 18.8 Å². The SMILES string of the molecule is CC.Cc1ccccc1C[C@H](O)c1ccncc1. The van der Waals surface area contributed by atoms with Crippen molar-refractivity contribution < 1.29 is 5.11 Å². The molecule has 96 valence electrons. The minimum Gasteiger partial charge on any atom is -0.388 e. The number of rotatable bonds is 3. The van der Waals surface area contributed by atoms with Crippen LogP contribution in [0, 0.1) is 6.92 Å². The van der Waals surface area contributed by atoms with Crippen molar-refractivity contribution in [3.63, 3.8) is 0 Å². The lowest BCUT2D eigenvalue weighted by molar-refractivity contribution is 0.178. The maximum absolute atomic E-state index is 10.1. The van der Waals surface area contributed by atoms with E-state index in [2.05, 4.69) is 24.0 Å². The number of hydrogen-bond donors (Lipinski definition) is 1. The van der Waals surface area contributed by atoms with Gasteiger partial charge in [-0.1, -0.05) is 38.1 Å². The summed E-state index contributed by atoms with van der Waals surface area (Å²) in [5.41, 5.74) is 3.32. The van der Waals surface area contributed by atoms with Gasteiger partial charge in [0.2, 0.25) is 0 Å². The fourth-order valence-corrected chi connectivity index (χ4v) is 1.75. The van der Waals surface area contributed by atoms with E-state index in [1.807, 2.05) is 38.1 Å². The van der Waals surface area contributed by atoms with Crippen LogP contribution in [0.2, 0.25) is 0 Å². The number of aliphatic hydroxyl groups is 1. The molecule has 0 saturated carbocycles. The molecular formula is C16H21NO. The summed E-state index contributed by atoms with van der Waals surface area (Å²) in [7, 11) is 0. The van der Waals surface area contributed by atoms with E-state index in [-0.39, 0.29) is 0 Å². The highest BCUT2D eigenvalue weighted by Gasteiger charge is 2.09. The summed E-state index contributed by atoms with van der Waals surface area (Å²) in [6.45, 7) is 6.06. The van der Waals surface area contributed by atoms with Crippen LogP contribution >= 0.6 is 0 Å². The monoisotopic (exact) mass is 243 g/mol. The first-order valence-corrected chi connectivity index (χ1v) is 6.40. The van der Waals surface area contributed by atoms with Crippen molar-refractivity contribution in [2.24, 2.45) is 0 Å². The van der Waals surface area contributed by atoms with E-state index in [1.165, 1.54) is 11.1 Å². The number of hydrogen-bond acceptors (Lipinski definition) is 2. The Kier molecular flexibility index (Phi) is 6.09. The molecule has 0 saturated heterocycles. The van der Waals surface area contributed by atoms with Gasteiger partial charge in [0.1, 0.15) is 0 Å². The van der Waals surface area contributed by atoms with Gasteiger partial charge in [0.25, 0.3) is 0 Å². The van der Waals surface area contributed by atoms with E-state index in [0.29, 0.717) is 6.42 Å². The second kappa shape index (κ2) is 7.62. The van der Waals surface area contributed by atoms with E-state index < -0.39 is 6.10 Å². The summed E-state index contributed by atoms with van der Waals surface area (Å²) in [6, 6.07) is 11.8. The first kappa shape index (κ1) is 14.4. The average molecular weight is 243 g/mol. The number of aryl methyl sites for hydroxylation is 1. The third-order valence-corrected chi connectivity index (χ3v) is 2.77. The number of pyridine rings is 1. The topological polar surface area (TPSA) is 33.1 Å². The summed E-state index contributed by atoms with van der Waals surface area (Å²) >= 11 is 0. The van der Waals surface area contributed by atoms with Crippen molar-refractivity contribution in [3.8, 4) is 0 Å². The lowest BCUT2D eigenvalue weighted by atomic mass is 9.99. The van der Waals surface area contributed by atoms with Crippen molar-refractivity contribution in [2.45, 2.75) is 33.3 Å². The first-order valence-electron chi connectivity index (χ1n) is 6.40. The first-order chi connectivity index (χ1) is 8.77. The lowest BCUT2D eigenvalue weighted by Crippen LogP contribution is -2.03. The van der Waals surface area contributed by atoms with Crippen LogP contribution in [0.3, 0.4) is 0 Å². The molecule has 0 aliphatic carbocycles. The standard InChI is InChI=1S/C14H15NO.C2H6/c1-11-4-2-3-5-13(11)10-14(16)12-6-8-15-9-7-12;1-2/h2-9,14,16H,10H2,1H3;1-2H3/t14-;/m0./s1. The molecule has 2 nitrogen and oxygen atoms in total. The zero-order valence-electron chi connectivity index (χ0n) is 11.3. The Morgan fingerprint density at radius 2 is 1.67 bits per heavy atom. The van der Waals surface area contributed by atoms with E-state index in [4.69, 9.17) is 0 Å². The van der Waals surface area contributed by atoms with E-state index in [9.17, 15) is 5.11 Å². The van der Waals surface area contributed by atoms with Gasteiger partial charge in [-0.2, -0.15) is 0 Å². The Morgan fingerprint density at radius 3 is 2.28 bits per heavy atom. The predicted octanol–water partition coefficient (Wildman–Crippen LogP) is 3.69. The molecule has 0 spiro atoms. The number of aromatic nitrogens is 1. The molecule has 18 heavy (non-hydrogen) atoms. The van der Waals surface area contributed by atoms with Gasteiger partial charge in [0.05, 0.1) is 6.10 Å². The summed E-state index contributed by atoms with van der Waals surface area (Å²) in [5.74, 6) is 0. The molecular weight excluding hydrogens is 222 g/mol. The van der Waals surface area contributed by atoms with Crippen LogP contribution in [-0.2, 0) is 6.42 Å². The number of benzene rings is 1. The van der Waals surface area contributed by atoms with Gasteiger partial charge in [-0.05, 0) is 35.7 Å². The van der Waals surface area contributed by atoms with E-state index in [1.54, 1.807) is 12.4 Å². The van der Waals surface area contributed by atoms with Gasteiger partial charge < -0.3 is 5.11 Å². The zero-order chi connectivity index (χ0) is 13.4. The largest absolute Gasteiger partial charge is 0.388 e. The highest BCUT2D eigenvalue weighted by Crippen LogP contribution is 2.19. The molecule has 1 heterocycles. The predicted molar refractivity (Wildman–Crippen MR) is 75.4 cm³/mol. The van der Waals surface area contributed by atoms with E-state index in [0.717, 1.165) is 5.56 Å². The molecule has 2 heteroatoms. The van der Waals surface area contributed by atoms with Crippen molar-refractivity contribution in [1.82, 2.24) is 4.98 Å². The van der Waals surface area contributed by atoms with Crippen LogP contribution in [-0.4, -0.2) is 10.1 Å². The van der Waals surface area contributed by atoms with Crippen LogP contribution in [0.5, 0.6) is 0 Å². The summed E-state index contributed by atoms with van der Waals surface area (Å²) in [6.07, 6.45) is 3.60. The fraction of sp³-hybridized carbons (Fsp3) is 0.312. The maximum Gasteiger partial charge on any atom is 0.0831 e. The normalized spacial score (nSPS) is 11.3. The smallest absolute Gasteiger partial charge is 0.0831 e. The third-order valence-electron chi connectivity index (χ3n) is 2.77. The highest BCUT2D eigenvalue weighted by atomic mass is 16.3. The Hall–Kier alpha value is -1.67. The van der Waals surface area contributed by atoms with Crippen LogP contribution in [0.15, 0.2) is 48.8 Å². The second-order valence-corrected chi connectivity index (χ2v) is 3.93. The average Bonchev–Trinajstić information content (AvgIpc) is 2.44. The zero-order valence-corrected chi connectivity index (χ0v) is 11.3. The molecule has 0 aliphatic heterocycles. The molecule has 0 radical (unpaired) electrons. The van der Waals surface area contributed by atoms with Gasteiger partial charge in [-0.25, -0.2) is 0 Å².